The third-order valence-electron chi connectivity index (χ3n) is 5.99. The van der Waals surface area contributed by atoms with Crippen molar-refractivity contribution in [3.05, 3.63) is 53.5 Å². The van der Waals surface area contributed by atoms with Crippen molar-refractivity contribution in [1.82, 2.24) is 0 Å². The lowest BCUT2D eigenvalue weighted by Crippen LogP contribution is -2.43. The van der Waals surface area contributed by atoms with E-state index in [-0.39, 0.29) is 23.9 Å². The van der Waals surface area contributed by atoms with Crippen LogP contribution in [0.25, 0.3) is 0 Å². The summed E-state index contributed by atoms with van der Waals surface area (Å²) in [6.45, 7) is 6.39. The van der Waals surface area contributed by atoms with Crippen molar-refractivity contribution in [2.24, 2.45) is 22.4 Å². The standard InChI is InChI=1S/C23H32N4O2/c1-15(2)26-20-11-13-27(23(29)21(20)22(24)25)19-9-7-18(8-10-19)17-5-3-16(4-6-17)12-14-28/h7-10,16-17,28H,1,3-6,11-14,24-25H2,2H3/b26-20-. The van der Waals surface area contributed by atoms with E-state index < -0.39 is 0 Å². The minimum atomic E-state index is -0.214. The Labute approximate surface area is 173 Å². The number of hydrogen-bond donors (Lipinski definition) is 3. The van der Waals surface area contributed by atoms with Crippen LogP contribution in [0.15, 0.2) is 52.9 Å². The smallest absolute Gasteiger partial charge is 0.263 e. The molecule has 1 aliphatic carbocycles. The highest BCUT2D eigenvalue weighted by Crippen LogP contribution is 2.37. The van der Waals surface area contributed by atoms with Crippen molar-refractivity contribution < 1.29 is 9.90 Å². The van der Waals surface area contributed by atoms with Gasteiger partial charge in [-0.25, -0.2) is 0 Å². The second-order valence-corrected chi connectivity index (χ2v) is 8.15. The largest absolute Gasteiger partial charge is 0.396 e. The molecule has 0 unspecified atom stereocenters. The minimum Gasteiger partial charge on any atom is -0.396 e. The molecule has 1 saturated carbocycles. The first-order chi connectivity index (χ1) is 13.9. The molecule has 2 fully saturated rings. The molecule has 0 spiro atoms. The first kappa shape index (κ1) is 21.1. The highest BCUT2D eigenvalue weighted by atomic mass is 16.3. The Morgan fingerprint density at radius 2 is 1.86 bits per heavy atom. The van der Waals surface area contributed by atoms with Crippen LogP contribution >= 0.6 is 0 Å². The highest BCUT2D eigenvalue weighted by molar-refractivity contribution is 6.28. The normalized spacial score (nSPS) is 24.1. The maximum absolute atomic E-state index is 13.0. The SMILES string of the molecule is C=C(C)/N=C1/CCN(c2ccc(C3CCC(CCO)CC3)cc2)C(=O)C1=C(N)N. The zero-order valence-electron chi connectivity index (χ0n) is 17.2. The molecule has 156 valence electrons. The zero-order valence-corrected chi connectivity index (χ0v) is 17.2. The van der Waals surface area contributed by atoms with Gasteiger partial charge in [0.1, 0.15) is 11.4 Å². The number of amides is 1. The van der Waals surface area contributed by atoms with Gasteiger partial charge in [-0.15, -0.1) is 0 Å². The lowest BCUT2D eigenvalue weighted by molar-refractivity contribution is -0.115. The van der Waals surface area contributed by atoms with E-state index >= 15 is 0 Å². The molecule has 1 saturated heterocycles. The van der Waals surface area contributed by atoms with Gasteiger partial charge >= 0.3 is 0 Å². The molecule has 0 radical (unpaired) electrons. The fraction of sp³-hybridized carbons (Fsp3) is 0.478. The van der Waals surface area contributed by atoms with E-state index in [2.05, 4.69) is 23.7 Å². The van der Waals surface area contributed by atoms with Gasteiger partial charge in [-0.05, 0) is 68.6 Å². The molecule has 5 N–H and O–H groups in total. The summed E-state index contributed by atoms with van der Waals surface area (Å²) in [6.07, 6.45) is 6.16. The second kappa shape index (κ2) is 9.27. The lowest BCUT2D eigenvalue weighted by atomic mass is 9.77. The van der Waals surface area contributed by atoms with E-state index in [0.717, 1.165) is 24.9 Å². The Kier molecular flexibility index (Phi) is 6.75. The number of allylic oxidation sites excluding steroid dienone is 1. The molecule has 6 heteroatoms. The summed E-state index contributed by atoms with van der Waals surface area (Å²) < 4.78 is 0. The Morgan fingerprint density at radius 1 is 1.21 bits per heavy atom. The van der Waals surface area contributed by atoms with E-state index in [1.807, 2.05) is 12.1 Å². The van der Waals surface area contributed by atoms with E-state index in [4.69, 9.17) is 16.6 Å². The van der Waals surface area contributed by atoms with E-state index in [0.29, 0.717) is 36.2 Å². The quantitative estimate of drug-likeness (QED) is 0.665. The van der Waals surface area contributed by atoms with Gasteiger partial charge in [-0.1, -0.05) is 18.7 Å². The molecular formula is C23H32N4O2. The molecule has 1 aromatic carbocycles. The molecule has 29 heavy (non-hydrogen) atoms. The number of rotatable bonds is 5. The van der Waals surface area contributed by atoms with Crippen molar-refractivity contribution in [3.63, 3.8) is 0 Å². The summed E-state index contributed by atoms with van der Waals surface area (Å²) in [5.41, 5.74) is 15.3. The number of anilines is 1. The van der Waals surface area contributed by atoms with Crippen LogP contribution in [-0.2, 0) is 4.79 Å². The molecule has 0 atom stereocenters. The fourth-order valence-corrected chi connectivity index (χ4v) is 4.47. The predicted molar refractivity (Wildman–Crippen MR) is 117 cm³/mol. The Hall–Kier alpha value is -2.60. The monoisotopic (exact) mass is 396 g/mol. The van der Waals surface area contributed by atoms with Crippen LogP contribution in [0.1, 0.15) is 56.9 Å². The van der Waals surface area contributed by atoms with Crippen LogP contribution in [0, 0.1) is 5.92 Å². The summed E-state index contributed by atoms with van der Waals surface area (Å²) in [5.74, 6) is 0.994. The van der Waals surface area contributed by atoms with Gasteiger partial charge in [-0.3, -0.25) is 9.79 Å². The van der Waals surface area contributed by atoms with Gasteiger partial charge in [0.05, 0.1) is 5.71 Å². The third-order valence-corrected chi connectivity index (χ3v) is 5.99. The summed E-state index contributed by atoms with van der Waals surface area (Å²) in [5, 5.41) is 9.13. The second-order valence-electron chi connectivity index (χ2n) is 8.15. The van der Waals surface area contributed by atoms with Gasteiger partial charge in [0.2, 0.25) is 0 Å². The van der Waals surface area contributed by atoms with E-state index in [9.17, 15) is 4.79 Å². The van der Waals surface area contributed by atoms with Crippen LogP contribution in [0.3, 0.4) is 0 Å². The van der Waals surface area contributed by atoms with Crippen LogP contribution in [0.4, 0.5) is 5.69 Å². The van der Waals surface area contributed by atoms with Crippen LogP contribution in [0.2, 0.25) is 0 Å². The molecule has 0 aromatic heterocycles. The number of aliphatic hydroxyl groups excluding tert-OH is 1. The molecule has 1 aromatic rings. The number of aliphatic hydroxyl groups is 1. The van der Waals surface area contributed by atoms with Gasteiger partial charge in [0.15, 0.2) is 0 Å². The van der Waals surface area contributed by atoms with Gasteiger partial charge < -0.3 is 21.5 Å². The summed E-state index contributed by atoms with van der Waals surface area (Å²) in [7, 11) is 0. The molecule has 1 heterocycles. The first-order valence-electron chi connectivity index (χ1n) is 10.4. The maximum atomic E-state index is 13.0. The van der Waals surface area contributed by atoms with Gasteiger partial charge in [0, 0.05) is 31.0 Å². The van der Waals surface area contributed by atoms with Crippen molar-refractivity contribution in [2.45, 2.75) is 51.4 Å². The topological polar surface area (TPSA) is 105 Å². The molecule has 1 aliphatic heterocycles. The number of piperidine rings is 1. The average molecular weight is 397 g/mol. The van der Waals surface area contributed by atoms with E-state index in [1.165, 1.54) is 18.4 Å². The number of nitrogens with zero attached hydrogens (tertiary/aromatic N) is 2. The maximum Gasteiger partial charge on any atom is 0.263 e. The fourth-order valence-electron chi connectivity index (χ4n) is 4.47. The lowest BCUT2D eigenvalue weighted by Gasteiger charge is -2.31. The average Bonchev–Trinajstić information content (AvgIpc) is 2.68. The van der Waals surface area contributed by atoms with Crippen LogP contribution in [0.5, 0.6) is 0 Å². The highest BCUT2D eigenvalue weighted by Gasteiger charge is 2.31. The molecule has 2 aliphatic rings. The number of carbonyl (C=O) groups excluding carboxylic acids is 1. The zero-order chi connectivity index (χ0) is 21.0. The first-order valence-corrected chi connectivity index (χ1v) is 10.4. The van der Waals surface area contributed by atoms with Crippen molar-refractivity contribution >= 4 is 17.3 Å². The Balaban J connectivity index is 1.73. The predicted octanol–water partition coefficient (Wildman–Crippen LogP) is 3.18. The van der Waals surface area contributed by atoms with Gasteiger partial charge in [0.25, 0.3) is 5.91 Å². The minimum absolute atomic E-state index is 0.00374. The van der Waals surface area contributed by atoms with Crippen molar-refractivity contribution in [3.8, 4) is 0 Å². The summed E-state index contributed by atoms with van der Waals surface area (Å²) in [4.78, 5) is 19.1. The summed E-state index contributed by atoms with van der Waals surface area (Å²) in [6, 6.07) is 8.29. The Morgan fingerprint density at radius 3 is 2.41 bits per heavy atom. The molecular weight excluding hydrogens is 364 g/mol. The van der Waals surface area contributed by atoms with Crippen molar-refractivity contribution in [2.75, 3.05) is 18.1 Å². The number of aliphatic imine (C=N–C) groups is 1. The molecule has 0 bridgehead atoms. The van der Waals surface area contributed by atoms with E-state index in [1.54, 1.807) is 11.8 Å². The molecule has 6 nitrogen and oxygen atoms in total. The summed E-state index contributed by atoms with van der Waals surface area (Å²) >= 11 is 0. The van der Waals surface area contributed by atoms with Gasteiger partial charge in [-0.2, -0.15) is 0 Å². The molecule has 1 amide bonds. The van der Waals surface area contributed by atoms with Crippen molar-refractivity contribution in [1.29, 1.82) is 0 Å². The molecule has 3 rings (SSSR count). The third kappa shape index (κ3) is 4.88. The number of nitrogens with two attached hydrogens (primary N) is 2. The number of carbonyl (C=O) groups is 1. The van der Waals surface area contributed by atoms with Crippen LogP contribution < -0.4 is 16.4 Å². The van der Waals surface area contributed by atoms with Crippen LogP contribution in [-0.4, -0.2) is 29.9 Å². The number of benzene rings is 1. The Bertz CT molecular complexity index is 814. The number of hydrogen-bond acceptors (Lipinski definition) is 5.